The maximum Gasteiger partial charge on any atom is 0.224 e. The third-order valence-electron chi connectivity index (χ3n) is 4.29. The van der Waals surface area contributed by atoms with E-state index in [1.165, 1.54) is 0 Å². The van der Waals surface area contributed by atoms with Crippen LogP contribution in [0.25, 0.3) is 10.2 Å². The number of aryl methyl sites for hydroxylation is 1. The van der Waals surface area contributed by atoms with E-state index in [1.54, 1.807) is 11.3 Å². The third kappa shape index (κ3) is 4.75. The van der Waals surface area contributed by atoms with Crippen molar-refractivity contribution >= 4 is 33.1 Å². The van der Waals surface area contributed by atoms with E-state index in [4.69, 9.17) is 4.74 Å². The van der Waals surface area contributed by atoms with Crippen LogP contribution in [-0.2, 0) is 17.8 Å². The van der Waals surface area contributed by atoms with Crippen molar-refractivity contribution in [2.45, 2.75) is 19.4 Å². The highest BCUT2D eigenvalue weighted by molar-refractivity contribution is 7.18. The van der Waals surface area contributed by atoms with E-state index in [0.717, 1.165) is 32.2 Å². The second-order valence-corrected chi connectivity index (χ2v) is 7.54. The Morgan fingerprint density at radius 1 is 0.929 bits per heavy atom. The molecule has 0 saturated heterocycles. The second-order valence-electron chi connectivity index (χ2n) is 6.42. The van der Waals surface area contributed by atoms with Gasteiger partial charge in [0.1, 0.15) is 12.4 Å². The maximum atomic E-state index is 12.2. The number of amides is 1. The molecule has 0 aliphatic heterocycles. The van der Waals surface area contributed by atoms with Gasteiger partial charge >= 0.3 is 0 Å². The van der Waals surface area contributed by atoms with Gasteiger partial charge in [-0.3, -0.25) is 4.79 Å². The molecule has 5 heteroatoms. The monoisotopic (exact) mass is 388 g/mol. The standard InChI is InChI=1S/C23H20N2O2S/c26-22(14-15-23-25-20-8-4-5-9-21(20)28-23)24-18-10-12-19(13-11-18)27-16-17-6-2-1-3-7-17/h1-13H,14-16H2,(H,24,26). The van der Waals surface area contributed by atoms with Crippen LogP contribution < -0.4 is 10.1 Å². The molecule has 140 valence electrons. The summed E-state index contributed by atoms with van der Waals surface area (Å²) in [4.78, 5) is 16.8. The van der Waals surface area contributed by atoms with Crippen LogP contribution >= 0.6 is 11.3 Å². The van der Waals surface area contributed by atoms with Crippen molar-refractivity contribution in [2.75, 3.05) is 5.32 Å². The van der Waals surface area contributed by atoms with Gasteiger partial charge < -0.3 is 10.1 Å². The number of nitrogens with one attached hydrogen (secondary N) is 1. The lowest BCUT2D eigenvalue weighted by Gasteiger charge is -2.08. The highest BCUT2D eigenvalue weighted by Crippen LogP contribution is 2.23. The SMILES string of the molecule is O=C(CCc1nc2ccccc2s1)Nc1ccc(OCc2ccccc2)cc1. The molecule has 4 aromatic rings. The Bertz CT molecular complexity index is 1030. The zero-order valence-corrected chi connectivity index (χ0v) is 16.1. The molecule has 4 nitrogen and oxygen atoms in total. The second kappa shape index (κ2) is 8.67. The molecule has 0 aliphatic carbocycles. The van der Waals surface area contributed by atoms with Crippen LogP contribution in [0.2, 0.25) is 0 Å². The summed E-state index contributed by atoms with van der Waals surface area (Å²) in [6, 6.07) is 25.5. The lowest BCUT2D eigenvalue weighted by atomic mass is 10.2. The minimum atomic E-state index is -0.0165. The van der Waals surface area contributed by atoms with Gasteiger partial charge in [-0.15, -0.1) is 11.3 Å². The largest absolute Gasteiger partial charge is 0.489 e. The van der Waals surface area contributed by atoms with Crippen molar-refractivity contribution < 1.29 is 9.53 Å². The number of ether oxygens (including phenoxy) is 1. The fourth-order valence-corrected chi connectivity index (χ4v) is 3.81. The predicted octanol–water partition coefficient (Wildman–Crippen LogP) is 5.45. The molecule has 0 spiro atoms. The van der Waals surface area contributed by atoms with Gasteiger partial charge in [-0.1, -0.05) is 42.5 Å². The van der Waals surface area contributed by atoms with Crippen LogP contribution in [-0.4, -0.2) is 10.9 Å². The van der Waals surface area contributed by atoms with Gasteiger partial charge in [0.05, 0.1) is 15.2 Å². The number of rotatable bonds is 7. The quantitative estimate of drug-likeness (QED) is 0.458. The van der Waals surface area contributed by atoms with Crippen LogP contribution in [0.4, 0.5) is 5.69 Å². The van der Waals surface area contributed by atoms with E-state index >= 15 is 0 Å². The molecule has 0 unspecified atom stereocenters. The molecule has 0 bridgehead atoms. The molecule has 4 rings (SSSR count). The Balaban J connectivity index is 1.27. The third-order valence-corrected chi connectivity index (χ3v) is 5.39. The van der Waals surface area contributed by atoms with Crippen molar-refractivity contribution in [1.82, 2.24) is 4.98 Å². The summed E-state index contributed by atoms with van der Waals surface area (Å²) in [5.41, 5.74) is 2.88. The number of fused-ring (bicyclic) bond motifs is 1. The molecular formula is C23H20N2O2S. The van der Waals surface area contributed by atoms with Crippen LogP contribution in [0.15, 0.2) is 78.9 Å². The summed E-state index contributed by atoms with van der Waals surface area (Å²) in [6.07, 6.45) is 1.05. The fraction of sp³-hybridized carbons (Fsp3) is 0.130. The Labute approximate surface area is 167 Å². The van der Waals surface area contributed by atoms with Gasteiger partial charge in [-0.05, 0) is 42.0 Å². The van der Waals surface area contributed by atoms with Gasteiger partial charge in [0, 0.05) is 18.5 Å². The number of hydrogen-bond acceptors (Lipinski definition) is 4. The van der Waals surface area contributed by atoms with E-state index in [0.29, 0.717) is 19.4 Å². The summed E-state index contributed by atoms with van der Waals surface area (Å²) < 4.78 is 6.92. The number of para-hydroxylation sites is 1. The van der Waals surface area contributed by atoms with Crippen LogP contribution in [0.5, 0.6) is 5.75 Å². The Kier molecular flexibility index (Phi) is 5.64. The zero-order chi connectivity index (χ0) is 19.2. The molecule has 3 aromatic carbocycles. The lowest BCUT2D eigenvalue weighted by Crippen LogP contribution is -2.12. The first-order valence-electron chi connectivity index (χ1n) is 9.17. The molecule has 1 aromatic heterocycles. The molecule has 0 aliphatic rings. The van der Waals surface area contributed by atoms with E-state index < -0.39 is 0 Å². The number of benzene rings is 3. The van der Waals surface area contributed by atoms with Crippen molar-refractivity contribution in [3.8, 4) is 5.75 Å². The number of hydrogen-bond donors (Lipinski definition) is 1. The van der Waals surface area contributed by atoms with Crippen molar-refractivity contribution in [3.63, 3.8) is 0 Å². The minimum absolute atomic E-state index is 0.0165. The average molecular weight is 388 g/mol. The van der Waals surface area contributed by atoms with Crippen molar-refractivity contribution in [3.05, 3.63) is 89.4 Å². The Morgan fingerprint density at radius 3 is 2.46 bits per heavy atom. The van der Waals surface area contributed by atoms with Crippen LogP contribution in [0.3, 0.4) is 0 Å². The number of carbonyl (C=O) groups excluding carboxylic acids is 1. The summed E-state index contributed by atoms with van der Waals surface area (Å²) in [5, 5.41) is 3.92. The van der Waals surface area contributed by atoms with Gasteiger partial charge in [-0.2, -0.15) is 0 Å². The highest BCUT2D eigenvalue weighted by Gasteiger charge is 2.07. The van der Waals surface area contributed by atoms with Gasteiger partial charge in [0.25, 0.3) is 0 Å². The van der Waals surface area contributed by atoms with Gasteiger partial charge in [-0.25, -0.2) is 4.98 Å². The normalized spacial score (nSPS) is 10.7. The molecule has 1 amide bonds. The number of anilines is 1. The van der Waals surface area contributed by atoms with E-state index in [9.17, 15) is 4.79 Å². The average Bonchev–Trinajstić information content (AvgIpc) is 3.16. The maximum absolute atomic E-state index is 12.2. The Morgan fingerprint density at radius 2 is 1.68 bits per heavy atom. The zero-order valence-electron chi connectivity index (χ0n) is 15.3. The predicted molar refractivity (Wildman–Crippen MR) is 114 cm³/mol. The summed E-state index contributed by atoms with van der Waals surface area (Å²) in [7, 11) is 0. The molecular weight excluding hydrogens is 368 g/mol. The van der Waals surface area contributed by atoms with Gasteiger partial charge in [0.15, 0.2) is 0 Å². The molecule has 0 radical (unpaired) electrons. The highest BCUT2D eigenvalue weighted by atomic mass is 32.1. The summed E-state index contributed by atoms with van der Waals surface area (Å²) >= 11 is 1.64. The molecule has 0 atom stereocenters. The molecule has 0 saturated carbocycles. The van der Waals surface area contributed by atoms with Crippen molar-refractivity contribution in [2.24, 2.45) is 0 Å². The first-order valence-corrected chi connectivity index (χ1v) is 9.99. The van der Waals surface area contributed by atoms with E-state index in [-0.39, 0.29) is 5.91 Å². The first-order chi connectivity index (χ1) is 13.8. The first kappa shape index (κ1) is 18.2. The fourth-order valence-electron chi connectivity index (χ4n) is 2.85. The number of nitrogens with zero attached hydrogens (tertiary/aromatic N) is 1. The summed E-state index contributed by atoms with van der Waals surface area (Å²) in [5.74, 6) is 0.758. The van der Waals surface area contributed by atoms with E-state index in [1.807, 2.05) is 72.8 Å². The van der Waals surface area contributed by atoms with Gasteiger partial charge in [0.2, 0.25) is 5.91 Å². The number of carbonyl (C=O) groups is 1. The Hall–Kier alpha value is -3.18. The van der Waals surface area contributed by atoms with Crippen molar-refractivity contribution in [1.29, 1.82) is 0 Å². The van der Waals surface area contributed by atoms with E-state index in [2.05, 4.69) is 16.4 Å². The molecule has 0 fully saturated rings. The molecule has 28 heavy (non-hydrogen) atoms. The minimum Gasteiger partial charge on any atom is -0.489 e. The lowest BCUT2D eigenvalue weighted by molar-refractivity contribution is -0.116. The number of thiazole rings is 1. The smallest absolute Gasteiger partial charge is 0.224 e. The number of aromatic nitrogens is 1. The van der Waals surface area contributed by atoms with Crippen LogP contribution in [0, 0.1) is 0 Å². The van der Waals surface area contributed by atoms with Crippen LogP contribution in [0.1, 0.15) is 17.0 Å². The molecule has 1 N–H and O–H groups in total. The molecule has 1 heterocycles. The topological polar surface area (TPSA) is 51.2 Å². The summed E-state index contributed by atoms with van der Waals surface area (Å²) in [6.45, 7) is 0.523.